The number of rotatable bonds is 4. The molecule has 1 heterocycles. The molecule has 0 radical (unpaired) electrons. The molecule has 0 aliphatic heterocycles. The van der Waals surface area contributed by atoms with Crippen molar-refractivity contribution in [3.05, 3.63) is 81.8 Å². The number of aromatic nitrogens is 1. The molecule has 3 N–H and O–H groups in total. The first-order valence-electron chi connectivity index (χ1n) is 7.39. The molecule has 0 spiro atoms. The molecule has 0 aliphatic rings. The van der Waals surface area contributed by atoms with Crippen LogP contribution in [0.2, 0.25) is 0 Å². The molecule has 0 bridgehead atoms. The maximum absolute atomic E-state index is 12.8. The van der Waals surface area contributed by atoms with Gasteiger partial charge in [-0.1, -0.05) is 36.4 Å². The topological polar surface area (TPSA) is 91.6 Å². The molecule has 0 saturated heterocycles. The first kappa shape index (κ1) is 15.9. The van der Waals surface area contributed by atoms with E-state index in [0.717, 1.165) is 5.56 Å². The van der Waals surface area contributed by atoms with Crippen LogP contribution >= 0.6 is 0 Å². The van der Waals surface area contributed by atoms with Crippen molar-refractivity contribution in [2.45, 2.75) is 13.2 Å². The number of carbonyl (C=O) groups excluding carboxylic acids is 1. The molecule has 0 saturated carbocycles. The van der Waals surface area contributed by atoms with Gasteiger partial charge in [-0.05, 0) is 23.1 Å². The number of hydroxylamine groups is 1. The quantitative estimate of drug-likeness (QED) is 0.503. The number of nitrogens with one attached hydrogen (secondary N) is 1. The number of carbonyl (C=O) groups is 1. The normalized spacial score (nSPS) is 10.8. The number of fused-ring (bicyclic) bond motifs is 1. The summed E-state index contributed by atoms with van der Waals surface area (Å²) in [6, 6.07) is 14.0. The molecule has 0 unspecified atom stereocenters. The van der Waals surface area contributed by atoms with Crippen LogP contribution in [0.4, 0.5) is 0 Å². The van der Waals surface area contributed by atoms with Crippen molar-refractivity contribution in [1.29, 1.82) is 0 Å². The minimum Gasteiger partial charge on any atom is -0.392 e. The van der Waals surface area contributed by atoms with Crippen molar-refractivity contribution in [2.75, 3.05) is 0 Å². The van der Waals surface area contributed by atoms with E-state index in [1.807, 2.05) is 30.3 Å². The van der Waals surface area contributed by atoms with Crippen LogP contribution in [0.5, 0.6) is 0 Å². The van der Waals surface area contributed by atoms with Gasteiger partial charge in [-0.3, -0.25) is 14.8 Å². The van der Waals surface area contributed by atoms with E-state index >= 15 is 0 Å². The van der Waals surface area contributed by atoms with Crippen molar-refractivity contribution in [3.8, 4) is 0 Å². The van der Waals surface area contributed by atoms with E-state index in [1.54, 1.807) is 17.7 Å². The minimum absolute atomic E-state index is 0.170. The van der Waals surface area contributed by atoms with Crippen molar-refractivity contribution < 1.29 is 15.1 Å². The second-order valence-electron chi connectivity index (χ2n) is 5.43. The molecule has 6 nitrogen and oxygen atoms in total. The summed E-state index contributed by atoms with van der Waals surface area (Å²) in [7, 11) is 0. The third kappa shape index (κ3) is 2.92. The second kappa shape index (κ2) is 6.66. The fourth-order valence-corrected chi connectivity index (χ4v) is 2.70. The van der Waals surface area contributed by atoms with Crippen LogP contribution in [0.3, 0.4) is 0 Å². The molecule has 122 valence electrons. The number of amides is 1. The summed E-state index contributed by atoms with van der Waals surface area (Å²) >= 11 is 0. The van der Waals surface area contributed by atoms with Gasteiger partial charge in [0, 0.05) is 22.7 Å². The van der Waals surface area contributed by atoms with Gasteiger partial charge >= 0.3 is 0 Å². The van der Waals surface area contributed by atoms with E-state index in [9.17, 15) is 14.7 Å². The molecule has 3 aromatic rings. The Kier molecular flexibility index (Phi) is 4.41. The fraction of sp³-hybridized carbons (Fsp3) is 0.111. The van der Waals surface area contributed by atoms with E-state index in [1.165, 1.54) is 16.7 Å². The van der Waals surface area contributed by atoms with Gasteiger partial charge in [-0.15, -0.1) is 0 Å². The Balaban J connectivity index is 2.18. The average molecular weight is 324 g/mol. The molecule has 0 aliphatic carbocycles. The van der Waals surface area contributed by atoms with E-state index in [4.69, 9.17) is 5.21 Å². The molecule has 1 amide bonds. The van der Waals surface area contributed by atoms with Gasteiger partial charge in [0.25, 0.3) is 11.5 Å². The maximum Gasteiger partial charge on any atom is 0.274 e. The highest BCUT2D eigenvalue weighted by molar-refractivity contribution is 5.98. The highest BCUT2D eigenvalue weighted by Gasteiger charge is 2.12. The molecular weight excluding hydrogens is 308 g/mol. The first-order valence-corrected chi connectivity index (χ1v) is 7.39. The van der Waals surface area contributed by atoms with E-state index < -0.39 is 5.91 Å². The van der Waals surface area contributed by atoms with Crippen molar-refractivity contribution >= 4 is 16.7 Å². The standard InChI is InChI=1S/C18H16N2O4/c21-11-14-10-20(9-12-4-2-1-3-5-12)18(23)16-8-13(17(22)19-24)6-7-15(14)16/h1-8,10,21,24H,9,11H2,(H,19,22). The highest BCUT2D eigenvalue weighted by Crippen LogP contribution is 2.18. The summed E-state index contributed by atoms with van der Waals surface area (Å²) in [4.78, 5) is 24.3. The van der Waals surface area contributed by atoms with Gasteiger partial charge < -0.3 is 9.67 Å². The van der Waals surface area contributed by atoms with Crippen LogP contribution in [-0.4, -0.2) is 20.8 Å². The van der Waals surface area contributed by atoms with Crippen molar-refractivity contribution in [1.82, 2.24) is 10.0 Å². The number of nitrogens with zero attached hydrogens (tertiary/aromatic N) is 1. The van der Waals surface area contributed by atoms with Gasteiger partial charge in [0.2, 0.25) is 0 Å². The predicted octanol–water partition coefficient (Wildman–Crippen LogP) is 1.66. The summed E-state index contributed by atoms with van der Waals surface area (Å²) in [6.45, 7) is 0.135. The monoisotopic (exact) mass is 324 g/mol. The lowest BCUT2D eigenvalue weighted by molar-refractivity contribution is 0.0706. The van der Waals surface area contributed by atoms with Gasteiger partial charge in [-0.2, -0.15) is 0 Å². The Morgan fingerprint density at radius 3 is 2.50 bits per heavy atom. The van der Waals surface area contributed by atoms with Crippen LogP contribution < -0.4 is 11.0 Å². The highest BCUT2D eigenvalue weighted by atomic mass is 16.5. The van der Waals surface area contributed by atoms with E-state index in [-0.39, 0.29) is 17.7 Å². The van der Waals surface area contributed by atoms with E-state index in [2.05, 4.69) is 0 Å². The summed E-state index contributed by atoms with van der Waals surface area (Å²) in [5, 5.41) is 19.3. The zero-order valence-corrected chi connectivity index (χ0v) is 12.8. The molecule has 3 rings (SSSR count). The van der Waals surface area contributed by atoms with Crippen LogP contribution in [0, 0.1) is 0 Å². The average Bonchev–Trinajstić information content (AvgIpc) is 2.64. The lowest BCUT2D eigenvalue weighted by atomic mass is 10.0. The summed E-state index contributed by atoms with van der Waals surface area (Å²) < 4.78 is 1.50. The first-order chi connectivity index (χ1) is 11.6. The third-order valence-electron chi connectivity index (χ3n) is 3.90. The molecular formula is C18H16N2O4. The van der Waals surface area contributed by atoms with Gasteiger partial charge in [0.05, 0.1) is 13.2 Å². The number of benzene rings is 2. The zero-order valence-electron chi connectivity index (χ0n) is 12.8. The Bertz CT molecular complexity index is 948. The summed E-state index contributed by atoms with van der Waals surface area (Å²) in [5.74, 6) is -0.694. The number of aliphatic hydroxyl groups is 1. The maximum atomic E-state index is 12.8. The van der Waals surface area contributed by atoms with Crippen LogP contribution in [0.15, 0.2) is 59.5 Å². The summed E-state index contributed by atoms with van der Waals surface area (Å²) in [6.07, 6.45) is 1.63. The van der Waals surface area contributed by atoms with Crippen LogP contribution in [-0.2, 0) is 13.2 Å². The molecule has 6 heteroatoms. The second-order valence-corrected chi connectivity index (χ2v) is 5.43. The van der Waals surface area contributed by atoms with E-state index in [0.29, 0.717) is 22.9 Å². The largest absolute Gasteiger partial charge is 0.392 e. The summed E-state index contributed by atoms with van der Waals surface area (Å²) in [5.41, 5.74) is 3.00. The van der Waals surface area contributed by atoms with Crippen molar-refractivity contribution in [3.63, 3.8) is 0 Å². The number of hydrogen-bond acceptors (Lipinski definition) is 4. The number of pyridine rings is 1. The molecule has 1 aromatic heterocycles. The Morgan fingerprint density at radius 1 is 1.08 bits per heavy atom. The van der Waals surface area contributed by atoms with Crippen LogP contribution in [0.1, 0.15) is 21.5 Å². The Hall–Kier alpha value is -2.96. The van der Waals surface area contributed by atoms with Crippen LogP contribution in [0.25, 0.3) is 10.8 Å². The number of hydrogen-bond donors (Lipinski definition) is 3. The Labute approximate surface area is 137 Å². The van der Waals surface area contributed by atoms with Gasteiger partial charge in [0.1, 0.15) is 0 Å². The van der Waals surface area contributed by atoms with Gasteiger partial charge in [0.15, 0.2) is 0 Å². The predicted molar refractivity (Wildman–Crippen MR) is 88.9 cm³/mol. The van der Waals surface area contributed by atoms with Crippen molar-refractivity contribution in [2.24, 2.45) is 0 Å². The minimum atomic E-state index is -0.694. The molecule has 24 heavy (non-hydrogen) atoms. The smallest absolute Gasteiger partial charge is 0.274 e. The SMILES string of the molecule is O=C(NO)c1ccc2c(CO)cn(Cc3ccccc3)c(=O)c2c1. The van der Waals surface area contributed by atoms with Gasteiger partial charge in [-0.25, -0.2) is 5.48 Å². The molecule has 0 atom stereocenters. The lowest BCUT2D eigenvalue weighted by Crippen LogP contribution is -2.23. The zero-order chi connectivity index (χ0) is 17.1. The Morgan fingerprint density at radius 2 is 1.83 bits per heavy atom. The fourth-order valence-electron chi connectivity index (χ4n) is 2.70. The number of aliphatic hydroxyl groups excluding tert-OH is 1. The molecule has 0 fully saturated rings. The lowest BCUT2D eigenvalue weighted by Gasteiger charge is -2.12. The third-order valence-corrected chi connectivity index (χ3v) is 3.90. The molecule has 2 aromatic carbocycles.